The molecule has 7 nitrogen and oxygen atoms in total. The third-order valence-electron chi connectivity index (χ3n) is 3.82. The molecule has 7 heteroatoms. The van der Waals surface area contributed by atoms with Gasteiger partial charge in [0.1, 0.15) is 5.69 Å². The minimum atomic E-state index is -0.988. The van der Waals surface area contributed by atoms with Gasteiger partial charge in [-0.05, 0) is 30.5 Å². The summed E-state index contributed by atoms with van der Waals surface area (Å²) in [7, 11) is 1.79. The molecule has 0 radical (unpaired) electrons. The first-order valence-corrected chi connectivity index (χ1v) is 7.50. The highest BCUT2D eigenvalue weighted by Gasteiger charge is 2.33. The average Bonchev–Trinajstić information content (AvgIpc) is 3.27. The Bertz CT molecular complexity index is 736. The van der Waals surface area contributed by atoms with Crippen molar-refractivity contribution < 1.29 is 14.7 Å². The average molecular weight is 314 g/mol. The summed E-state index contributed by atoms with van der Waals surface area (Å²) >= 11 is 0. The first kappa shape index (κ1) is 15.2. The zero-order valence-electron chi connectivity index (χ0n) is 12.8. The van der Waals surface area contributed by atoms with E-state index in [9.17, 15) is 9.59 Å². The molecule has 0 aliphatic heterocycles. The van der Waals surface area contributed by atoms with Crippen LogP contribution in [0.4, 0.5) is 0 Å². The Morgan fingerprint density at radius 3 is 2.78 bits per heavy atom. The van der Waals surface area contributed by atoms with Crippen LogP contribution in [0, 0.1) is 0 Å². The van der Waals surface area contributed by atoms with Gasteiger partial charge in [-0.1, -0.05) is 17.3 Å². The molecule has 1 aliphatic rings. The number of carboxylic acid groups (broad SMARTS) is 1. The molecule has 1 amide bonds. The van der Waals surface area contributed by atoms with Crippen LogP contribution in [0.2, 0.25) is 0 Å². The van der Waals surface area contributed by atoms with E-state index in [1.807, 2.05) is 4.90 Å². The van der Waals surface area contributed by atoms with Crippen LogP contribution in [0.25, 0.3) is 0 Å². The number of aryl methyl sites for hydroxylation is 1. The Morgan fingerprint density at radius 2 is 2.17 bits per heavy atom. The van der Waals surface area contributed by atoms with Crippen LogP contribution in [0.15, 0.2) is 30.5 Å². The van der Waals surface area contributed by atoms with Crippen molar-refractivity contribution in [3.8, 4) is 0 Å². The van der Waals surface area contributed by atoms with Crippen molar-refractivity contribution in [1.29, 1.82) is 0 Å². The summed E-state index contributed by atoms with van der Waals surface area (Å²) in [4.78, 5) is 25.4. The third kappa shape index (κ3) is 3.74. The van der Waals surface area contributed by atoms with E-state index in [2.05, 4.69) is 10.3 Å². The number of carbonyl (C=O) groups excluding carboxylic acids is 1. The lowest BCUT2D eigenvalue weighted by Crippen LogP contribution is -2.34. The monoisotopic (exact) mass is 314 g/mol. The molecule has 1 N–H and O–H groups in total. The van der Waals surface area contributed by atoms with Crippen molar-refractivity contribution in [1.82, 2.24) is 19.9 Å². The van der Waals surface area contributed by atoms with E-state index in [1.165, 1.54) is 6.07 Å². The number of hydrogen-bond donors (Lipinski definition) is 1. The quantitative estimate of drug-likeness (QED) is 0.867. The number of benzene rings is 1. The highest BCUT2D eigenvalue weighted by Crippen LogP contribution is 2.28. The second-order valence-corrected chi connectivity index (χ2v) is 5.82. The van der Waals surface area contributed by atoms with E-state index < -0.39 is 5.97 Å². The van der Waals surface area contributed by atoms with E-state index >= 15 is 0 Å². The number of carbonyl (C=O) groups is 2. The lowest BCUT2D eigenvalue weighted by Gasteiger charge is -2.21. The van der Waals surface area contributed by atoms with E-state index in [-0.39, 0.29) is 23.9 Å². The Labute approximate surface area is 133 Å². The van der Waals surface area contributed by atoms with Gasteiger partial charge < -0.3 is 10.0 Å². The van der Waals surface area contributed by atoms with Crippen molar-refractivity contribution in [3.63, 3.8) is 0 Å². The number of carboxylic acids is 1. The summed E-state index contributed by atoms with van der Waals surface area (Å²) in [5, 5.41) is 17.0. The molecular formula is C16H18N4O3. The normalized spacial score (nSPS) is 13.8. The van der Waals surface area contributed by atoms with Crippen LogP contribution >= 0.6 is 0 Å². The van der Waals surface area contributed by atoms with Gasteiger partial charge in [0, 0.05) is 19.3 Å². The fourth-order valence-corrected chi connectivity index (χ4v) is 2.54. The van der Waals surface area contributed by atoms with E-state index in [4.69, 9.17) is 5.11 Å². The zero-order chi connectivity index (χ0) is 16.4. The fourth-order valence-electron chi connectivity index (χ4n) is 2.54. The maximum atomic E-state index is 12.6. The van der Waals surface area contributed by atoms with Gasteiger partial charge in [0.05, 0.1) is 18.5 Å². The molecule has 1 heterocycles. The molecule has 0 spiro atoms. The molecule has 1 saturated carbocycles. The summed E-state index contributed by atoms with van der Waals surface area (Å²) in [5.41, 5.74) is 1.66. The highest BCUT2D eigenvalue weighted by molar-refractivity contribution is 5.88. The van der Waals surface area contributed by atoms with Gasteiger partial charge in [-0.3, -0.25) is 9.48 Å². The molecular weight excluding hydrogens is 296 g/mol. The second kappa shape index (κ2) is 6.20. The van der Waals surface area contributed by atoms with Crippen LogP contribution in [-0.2, 0) is 24.8 Å². The topological polar surface area (TPSA) is 88.3 Å². The first-order chi connectivity index (χ1) is 11.0. The molecule has 2 aromatic rings. The molecule has 0 atom stereocenters. The number of hydrogen-bond acceptors (Lipinski definition) is 4. The van der Waals surface area contributed by atoms with E-state index in [0.29, 0.717) is 12.1 Å². The minimum absolute atomic E-state index is 0.0132. The number of amides is 1. The van der Waals surface area contributed by atoms with Crippen molar-refractivity contribution in [2.45, 2.75) is 31.8 Å². The van der Waals surface area contributed by atoms with Gasteiger partial charge in [-0.2, -0.15) is 0 Å². The molecule has 1 aromatic carbocycles. The summed E-state index contributed by atoms with van der Waals surface area (Å²) in [6.45, 7) is 0.440. The molecule has 0 unspecified atom stereocenters. The Morgan fingerprint density at radius 1 is 1.39 bits per heavy atom. The molecule has 120 valence electrons. The Balaban J connectivity index is 1.71. The second-order valence-electron chi connectivity index (χ2n) is 5.82. The van der Waals surface area contributed by atoms with Gasteiger partial charge in [0.15, 0.2) is 0 Å². The van der Waals surface area contributed by atoms with Crippen molar-refractivity contribution in [2.75, 3.05) is 0 Å². The maximum Gasteiger partial charge on any atom is 0.335 e. The molecule has 1 fully saturated rings. The molecule has 1 aliphatic carbocycles. The van der Waals surface area contributed by atoms with Crippen LogP contribution in [0.1, 0.15) is 34.5 Å². The smallest absolute Gasteiger partial charge is 0.335 e. The van der Waals surface area contributed by atoms with Gasteiger partial charge in [0.2, 0.25) is 5.91 Å². The SMILES string of the molecule is Cn1cc(CN(C(=O)Cc2cccc(C(=O)O)c2)C2CC2)nn1. The summed E-state index contributed by atoms with van der Waals surface area (Å²) < 4.78 is 1.61. The van der Waals surface area contributed by atoms with Crippen LogP contribution in [0.3, 0.4) is 0 Å². The van der Waals surface area contributed by atoms with Crippen LogP contribution in [-0.4, -0.2) is 42.9 Å². The van der Waals surface area contributed by atoms with E-state index in [0.717, 1.165) is 18.5 Å². The number of rotatable bonds is 6. The zero-order valence-corrected chi connectivity index (χ0v) is 12.8. The summed E-state index contributed by atoms with van der Waals surface area (Å²) in [6.07, 6.45) is 3.99. The largest absolute Gasteiger partial charge is 0.478 e. The van der Waals surface area contributed by atoms with Crippen molar-refractivity contribution in [2.24, 2.45) is 7.05 Å². The molecule has 1 aromatic heterocycles. The maximum absolute atomic E-state index is 12.6. The predicted molar refractivity (Wildman–Crippen MR) is 81.7 cm³/mol. The van der Waals surface area contributed by atoms with Gasteiger partial charge in [-0.15, -0.1) is 5.10 Å². The Kier molecular flexibility index (Phi) is 4.10. The Hall–Kier alpha value is -2.70. The molecule has 23 heavy (non-hydrogen) atoms. The van der Waals surface area contributed by atoms with Crippen LogP contribution in [0.5, 0.6) is 0 Å². The third-order valence-corrected chi connectivity index (χ3v) is 3.82. The predicted octanol–water partition coefficient (Wildman–Crippen LogP) is 1.25. The highest BCUT2D eigenvalue weighted by atomic mass is 16.4. The van der Waals surface area contributed by atoms with Gasteiger partial charge in [-0.25, -0.2) is 4.79 Å². The number of nitrogens with zero attached hydrogens (tertiary/aromatic N) is 4. The molecule has 3 rings (SSSR count). The van der Waals surface area contributed by atoms with Crippen LogP contribution < -0.4 is 0 Å². The van der Waals surface area contributed by atoms with Gasteiger partial charge in [0.25, 0.3) is 0 Å². The summed E-state index contributed by atoms with van der Waals surface area (Å²) in [6, 6.07) is 6.77. The standard InChI is InChI=1S/C16H18N4O3/c1-19-9-13(17-18-19)10-20(14-5-6-14)15(21)8-11-3-2-4-12(7-11)16(22)23/h2-4,7,9,14H,5-6,8,10H2,1H3,(H,22,23). The van der Waals surface area contributed by atoms with E-state index in [1.54, 1.807) is 36.1 Å². The van der Waals surface area contributed by atoms with Crippen molar-refractivity contribution in [3.05, 3.63) is 47.3 Å². The minimum Gasteiger partial charge on any atom is -0.478 e. The first-order valence-electron chi connectivity index (χ1n) is 7.50. The number of aromatic nitrogens is 3. The molecule has 0 saturated heterocycles. The lowest BCUT2D eigenvalue weighted by atomic mass is 10.1. The lowest BCUT2D eigenvalue weighted by molar-refractivity contribution is -0.131. The fraction of sp³-hybridized carbons (Fsp3) is 0.375. The summed E-state index contributed by atoms with van der Waals surface area (Å²) in [5.74, 6) is -1.00. The number of aromatic carboxylic acids is 1. The van der Waals surface area contributed by atoms with Gasteiger partial charge >= 0.3 is 5.97 Å². The van der Waals surface area contributed by atoms with Crippen molar-refractivity contribution >= 4 is 11.9 Å². The molecule has 0 bridgehead atoms.